The number of benzene rings is 2. The van der Waals surface area contributed by atoms with Crippen molar-refractivity contribution in [2.24, 2.45) is 4.99 Å². The molecule has 24 heavy (non-hydrogen) atoms. The van der Waals surface area contributed by atoms with Gasteiger partial charge in [0.25, 0.3) is 0 Å². The summed E-state index contributed by atoms with van der Waals surface area (Å²) < 4.78 is 19.1. The van der Waals surface area contributed by atoms with Crippen LogP contribution in [0.1, 0.15) is 23.6 Å². The van der Waals surface area contributed by atoms with Crippen LogP contribution >= 0.6 is 0 Å². The summed E-state index contributed by atoms with van der Waals surface area (Å²) in [6.07, 6.45) is 0. The van der Waals surface area contributed by atoms with Gasteiger partial charge in [-0.1, -0.05) is 30.3 Å². The van der Waals surface area contributed by atoms with Crippen LogP contribution in [0.25, 0.3) is 0 Å². The molecule has 0 aliphatic heterocycles. The smallest absolute Gasteiger partial charge is 0.191 e. The topological polar surface area (TPSA) is 45.7 Å². The third-order valence-electron chi connectivity index (χ3n) is 3.60. The zero-order valence-electron chi connectivity index (χ0n) is 14.4. The number of halogens is 1. The Morgan fingerprint density at radius 3 is 2.62 bits per heavy atom. The molecule has 0 aromatic heterocycles. The van der Waals surface area contributed by atoms with E-state index in [1.807, 2.05) is 38.1 Å². The molecule has 0 saturated carbocycles. The van der Waals surface area contributed by atoms with Crippen molar-refractivity contribution < 1.29 is 9.13 Å². The summed E-state index contributed by atoms with van der Waals surface area (Å²) in [5.74, 6) is 1.24. The molecule has 0 atom stereocenters. The summed E-state index contributed by atoms with van der Waals surface area (Å²) in [6.45, 7) is 5.61. The Morgan fingerprint density at radius 2 is 1.92 bits per heavy atom. The lowest BCUT2D eigenvalue weighted by Crippen LogP contribution is -2.37. The van der Waals surface area contributed by atoms with Gasteiger partial charge in [-0.2, -0.15) is 0 Å². The lowest BCUT2D eigenvalue weighted by Gasteiger charge is -2.13. The number of methoxy groups -OCH3 is 1. The van der Waals surface area contributed by atoms with Crippen LogP contribution in [-0.4, -0.2) is 19.6 Å². The number of guanidine groups is 1. The zero-order chi connectivity index (χ0) is 17.4. The van der Waals surface area contributed by atoms with Crippen molar-refractivity contribution in [3.05, 3.63) is 65.0 Å². The van der Waals surface area contributed by atoms with Crippen LogP contribution in [0.2, 0.25) is 0 Å². The highest BCUT2D eigenvalue weighted by atomic mass is 19.1. The van der Waals surface area contributed by atoms with Gasteiger partial charge in [-0.3, -0.25) is 0 Å². The lowest BCUT2D eigenvalue weighted by atomic mass is 10.1. The minimum absolute atomic E-state index is 0.221. The molecule has 0 spiro atoms. The Kier molecular flexibility index (Phi) is 6.61. The highest BCUT2D eigenvalue weighted by Gasteiger charge is 2.05. The second-order valence-corrected chi connectivity index (χ2v) is 5.46. The van der Waals surface area contributed by atoms with Gasteiger partial charge in [0.2, 0.25) is 0 Å². The van der Waals surface area contributed by atoms with E-state index >= 15 is 0 Å². The van der Waals surface area contributed by atoms with E-state index in [0.29, 0.717) is 24.6 Å². The molecule has 0 saturated heterocycles. The molecule has 2 rings (SSSR count). The minimum Gasteiger partial charge on any atom is -0.496 e. The highest BCUT2D eigenvalue weighted by molar-refractivity contribution is 5.79. The Hall–Kier alpha value is -2.56. The van der Waals surface area contributed by atoms with Crippen molar-refractivity contribution in [1.82, 2.24) is 10.6 Å². The van der Waals surface area contributed by atoms with Gasteiger partial charge in [-0.05, 0) is 31.5 Å². The number of nitrogens with one attached hydrogen (secondary N) is 2. The van der Waals surface area contributed by atoms with E-state index in [-0.39, 0.29) is 5.82 Å². The van der Waals surface area contributed by atoms with E-state index in [4.69, 9.17) is 4.74 Å². The molecule has 2 aromatic carbocycles. The minimum atomic E-state index is -0.221. The third-order valence-corrected chi connectivity index (χ3v) is 3.60. The monoisotopic (exact) mass is 329 g/mol. The maximum Gasteiger partial charge on any atom is 0.191 e. The average molecular weight is 329 g/mol. The number of aliphatic imine (C=N–C) groups is 1. The number of ether oxygens (including phenoxy) is 1. The molecular weight excluding hydrogens is 305 g/mol. The van der Waals surface area contributed by atoms with Crippen LogP contribution in [0.3, 0.4) is 0 Å². The number of aryl methyl sites for hydroxylation is 1. The van der Waals surface area contributed by atoms with E-state index in [0.717, 1.165) is 23.4 Å². The molecule has 0 unspecified atom stereocenters. The van der Waals surface area contributed by atoms with E-state index < -0.39 is 0 Å². The first kappa shape index (κ1) is 17.8. The van der Waals surface area contributed by atoms with Gasteiger partial charge in [0.1, 0.15) is 11.6 Å². The van der Waals surface area contributed by atoms with Crippen molar-refractivity contribution in [2.45, 2.75) is 26.9 Å². The quantitative estimate of drug-likeness (QED) is 0.631. The normalized spacial score (nSPS) is 11.2. The van der Waals surface area contributed by atoms with Gasteiger partial charge >= 0.3 is 0 Å². The summed E-state index contributed by atoms with van der Waals surface area (Å²) in [5, 5.41) is 6.32. The van der Waals surface area contributed by atoms with Gasteiger partial charge in [-0.15, -0.1) is 0 Å². The Bertz CT molecular complexity index is 701. The van der Waals surface area contributed by atoms with Gasteiger partial charge in [0.05, 0.1) is 13.7 Å². The molecule has 5 heteroatoms. The second kappa shape index (κ2) is 8.91. The predicted molar refractivity (Wildman–Crippen MR) is 95.8 cm³/mol. The molecule has 0 fully saturated rings. The van der Waals surface area contributed by atoms with Gasteiger partial charge in [-0.25, -0.2) is 9.38 Å². The molecule has 2 N–H and O–H groups in total. The van der Waals surface area contributed by atoms with E-state index in [2.05, 4.69) is 15.6 Å². The van der Waals surface area contributed by atoms with Crippen molar-refractivity contribution >= 4 is 5.96 Å². The largest absolute Gasteiger partial charge is 0.496 e. The van der Waals surface area contributed by atoms with Crippen LogP contribution in [0.4, 0.5) is 4.39 Å². The summed E-state index contributed by atoms with van der Waals surface area (Å²) >= 11 is 0. The highest BCUT2D eigenvalue weighted by Crippen LogP contribution is 2.20. The van der Waals surface area contributed by atoms with Crippen LogP contribution in [0.15, 0.2) is 47.5 Å². The number of nitrogens with zero attached hydrogens (tertiary/aromatic N) is 1. The second-order valence-electron chi connectivity index (χ2n) is 5.46. The van der Waals surface area contributed by atoms with E-state index in [1.54, 1.807) is 19.2 Å². The third kappa shape index (κ3) is 4.98. The van der Waals surface area contributed by atoms with Gasteiger partial charge < -0.3 is 15.4 Å². The van der Waals surface area contributed by atoms with Crippen molar-refractivity contribution in [3.63, 3.8) is 0 Å². The SMILES string of the molecule is CCNC(=NCc1ccc(C)cc1OC)NCc1ccccc1F. The number of rotatable bonds is 6. The first-order valence-electron chi connectivity index (χ1n) is 8.03. The standard InChI is InChI=1S/C19H24FN3O/c1-4-21-19(22-12-15-7-5-6-8-17(15)20)23-13-16-10-9-14(2)11-18(16)24-3/h5-11H,4,12-13H2,1-3H3,(H2,21,22,23). The summed E-state index contributed by atoms with van der Waals surface area (Å²) in [6, 6.07) is 12.8. The molecule has 128 valence electrons. The molecule has 0 aliphatic rings. The zero-order valence-corrected chi connectivity index (χ0v) is 14.4. The fraction of sp³-hybridized carbons (Fsp3) is 0.316. The first-order valence-corrected chi connectivity index (χ1v) is 8.03. The fourth-order valence-electron chi connectivity index (χ4n) is 2.31. The van der Waals surface area contributed by atoms with Gasteiger partial charge in [0.15, 0.2) is 5.96 Å². The maximum atomic E-state index is 13.7. The molecular formula is C19H24FN3O. The molecule has 0 radical (unpaired) electrons. The van der Waals surface area contributed by atoms with Crippen molar-refractivity contribution in [2.75, 3.05) is 13.7 Å². The Labute approximate surface area is 142 Å². The van der Waals surface area contributed by atoms with Crippen LogP contribution < -0.4 is 15.4 Å². The van der Waals surface area contributed by atoms with E-state index in [9.17, 15) is 4.39 Å². The molecule has 4 nitrogen and oxygen atoms in total. The van der Waals surface area contributed by atoms with Crippen LogP contribution in [-0.2, 0) is 13.1 Å². The fourth-order valence-corrected chi connectivity index (χ4v) is 2.31. The number of hydrogen-bond acceptors (Lipinski definition) is 2. The van der Waals surface area contributed by atoms with Crippen LogP contribution in [0.5, 0.6) is 5.75 Å². The Morgan fingerprint density at radius 1 is 1.12 bits per heavy atom. The molecule has 0 aliphatic carbocycles. The summed E-state index contributed by atoms with van der Waals surface area (Å²) in [7, 11) is 1.66. The lowest BCUT2D eigenvalue weighted by molar-refractivity contribution is 0.409. The predicted octanol–water partition coefficient (Wildman–Crippen LogP) is 3.40. The average Bonchev–Trinajstić information content (AvgIpc) is 2.59. The van der Waals surface area contributed by atoms with Crippen molar-refractivity contribution in [1.29, 1.82) is 0 Å². The summed E-state index contributed by atoms with van der Waals surface area (Å²) in [5.41, 5.74) is 2.76. The first-order chi connectivity index (χ1) is 11.6. The Balaban J connectivity index is 2.07. The molecule has 2 aromatic rings. The number of hydrogen-bond donors (Lipinski definition) is 2. The molecule has 0 bridgehead atoms. The summed E-state index contributed by atoms with van der Waals surface area (Å²) in [4.78, 5) is 4.56. The van der Waals surface area contributed by atoms with Crippen molar-refractivity contribution in [3.8, 4) is 5.75 Å². The molecule has 0 amide bonds. The maximum absolute atomic E-state index is 13.7. The molecule has 0 heterocycles. The van der Waals surface area contributed by atoms with Crippen LogP contribution in [0, 0.1) is 12.7 Å². The van der Waals surface area contributed by atoms with E-state index in [1.165, 1.54) is 6.07 Å². The van der Waals surface area contributed by atoms with Gasteiger partial charge in [0, 0.05) is 24.2 Å².